The minimum absolute atomic E-state index is 0.0914. The Morgan fingerprint density at radius 1 is 1.56 bits per heavy atom. The fourth-order valence-corrected chi connectivity index (χ4v) is 2.26. The molecule has 2 heterocycles. The summed E-state index contributed by atoms with van der Waals surface area (Å²) in [6.07, 6.45) is 0.794. The number of carbonyl (C=O) groups is 1. The van der Waals surface area contributed by atoms with E-state index in [-0.39, 0.29) is 24.2 Å². The molecule has 0 radical (unpaired) electrons. The first-order valence-electron chi connectivity index (χ1n) is 6.13. The smallest absolute Gasteiger partial charge is 0.289 e. The number of carbonyl (C=O) groups excluding carboxylic acids is 1. The van der Waals surface area contributed by atoms with Crippen LogP contribution in [0.4, 0.5) is 0 Å². The lowest BCUT2D eigenvalue weighted by atomic mass is 9.90. The summed E-state index contributed by atoms with van der Waals surface area (Å²) < 4.78 is 5.22. The van der Waals surface area contributed by atoms with Gasteiger partial charge in [-0.15, -0.1) is 0 Å². The maximum atomic E-state index is 12.1. The van der Waals surface area contributed by atoms with Gasteiger partial charge in [0.1, 0.15) is 12.4 Å². The van der Waals surface area contributed by atoms with E-state index >= 15 is 0 Å². The van der Waals surface area contributed by atoms with Gasteiger partial charge in [-0.3, -0.25) is 4.79 Å². The molecule has 1 saturated heterocycles. The molecule has 1 fully saturated rings. The van der Waals surface area contributed by atoms with Crippen LogP contribution in [0.1, 0.15) is 36.6 Å². The number of rotatable bonds is 3. The summed E-state index contributed by atoms with van der Waals surface area (Å²) in [6.45, 7) is 4.49. The fraction of sp³-hybridized carbons (Fsp3) is 0.615. The van der Waals surface area contributed by atoms with Crippen LogP contribution in [0.3, 0.4) is 0 Å². The maximum absolute atomic E-state index is 12.1. The highest BCUT2D eigenvalue weighted by atomic mass is 16.4. The normalized spacial score (nSPS) is 20.4. The highest BCUT2D eigenvalue weighted by Gasteiger charge is 2.36. The van der Waals surface area contributed by atoms with Crippen LogP contribution in [0, 0.1) is 5.92 Å². The molecule has 1 amide bonds. The van der Waals surface area contributed by atoms with Crippen LogP contribution in [-0.4, -0.2) is 39.7 Å². The Labute approximate surface area is 106 Å². The Morgan fingerprint density at radius 2 is 2.28 bits per heavy atom. The van der Waals surface area contributed by atoms with Gasteiger partial charge in [-0.05, 0) is 32.4 Å². The number of nitrogens with zero attached hydrogens (tertiary/aromatic N) is 1. The van der Waals surface area contributed by atoms with Crippen molar-refractivity contribution in [1.82, 2.24) is 4.90 Å². The molecule has 1 aromatic rings. The van der Waals surface area contributed by atoms with E-state index in [9.17, 15) is 9.90 Å². The Hall–Kier alpha value is -1.33. The highest BCUT2D eigenvalue weighted by Crippen LogP contribution is 2.28. The Kier molecular flexibility index (Phi) is 3.45. The average molecular weight is 253 g/mol. The molecular formula is C13H19NO4. The van der Waals surface area contributed by atoms with Crippen molar-refractivity contribution in [2.75, 3.05) is 13.1 Å². The molecule has 100 valence electrons. The molecule has 1 aliphatic heterocycles. The minimum atomic E-state index is -0.769. The van der Waals surface area contributed by atoms with Crippen LogP contribution in [-0.2, 0) is 6.61 Å². The Bertz CT molecular complexity index is 432. The van der Waals surface area contributed by atoms with Gasteiger partial charge in [0.15, 0.2) is 5.76 Å². The third kappa shape index (κ3) is 2.57. The maximum Gasteiger partial charge on any atom is 0.289 e. The summed E-state index contributed by atoms with van der Waals surface area (Å²) in [5.41, 5.74) is -0.769. The number of aliphatic hydroxyl groups is 2. The van der Waals surface area contributed by atoms with Gasteiger partial charge in [0, 0.05) is 19.0 Å². The molecule has 0 aliphatic carbocycles. The number of likely N-dealkylation sites (tertiary alicyclic amines) is 1. The van der Waals surface area contributed by atoms with Gasteiger partial charge < -0.3 is 19.5 Å². The van der Waals surface area contributed by atoms with Crippen molar-refractivity contribution < 1.29 is 19.4 Å². The van der Waals surface area contributed by atoms with Gasteiger partial charge in [-0.1, -0.05) is 0 Å². The van der Waals surface area contributed by atoms with Crippen molar-refractivity contribution in [2.24, 2.45) is 5.92 Å². The monoisotopic (exact) mass is 253 g/mol. The second kappa shape index (κ2) is 4.74. The van der Waals surface area contributed by atoms with E-state index in [1.807, 2.05) is 0 Å². The van der Waals surface area contributed by atoms with E-state index in [0.717, 1.165) is 6.42 Å². The van der Waals surface area contributed by atoms with E-state index in [2.05, 4.69) is 0 Å². The van der Waals surface area contributed by atoms with Crippen LogP contribution in [0.2, 0.25) is 0 Å². The number of furan rings is 1. The first kappa shape index (κ1) is 13.1. The van der Waals surface area contributed by atoms with E-state index in [1.165, 1.54) is 0 Å². The van der Waals surface area contributed by atoms with Crippen LogP contribution in [0.5, 0.6) is 0 Å². The van der Waals surface area contributed by atoms with Crippen molar-refractivity contribution in [3.8, 4) is 0 Å². The Balaban J connectivity index is 2.03. The SMILES string of the molecule is CC(C)(O)[C@@H]1CCN(C(=O)c2ccc(CO)o2)C1. The van der Waals surface area contributed by atoms with Gasteiger partial charge in [-0.2, -0.15) is 0 Å². The molecule has 5 heteroatoms. The number of hydrogen-bond donors (Lipinski definition) is 2. The van der Waals surface area contributed by atoms with Crippen LogP contribution >= 0.6 is 0 Å². The lowest BCUT2D eigenvalue weighted by Crippen LogP contribution is -2.35. The molecule has 0 aromatic carbocycles. The van der Waals surface area contributed by atoms with E-state index in [1.54, 1.807) is 30.9 Å². The van der Waals surface area contributed by atoms with E-state index < -0.39 is 5.60 Å². The van der Waals surface area contributed by atoms with Crippen LogP contribution in [0.25, 0.3) is 0 Å². The molecule has 5 nitrogen and oxygen atoms in total. The van der Waals surface area contributed by atoms with Crippen molar-refractivity contribution in [3.05, 3.63) is 23.7 Å². The van der Waals surface area contributed by atoms with Crippen molar-refractivity contribution in [3.63, 3.8) is 0 Å². The lowest BCUT2D eigenvalue weighted by Gasteiger charge is -2.25. The minimum Gasteiger partial charge on any atom is -0.453 e. The van der Waals surface area contributed by atoms with Crippen molar-refractivity contribution in [1.29, 1.82) is 0 Å². The first-order valence-corrected chi connectivity index (χ1v) is 6.13. The molecule has 2 rings (SSSR count). The summed E-state index contributed by atoms with van der Waals surface area (Å²) in [7, 11) is 0. The van der Waals surface area contributed by atoms with Crippen molar-refractivity contribution >= 4 is 5.91 Å². The molecule has 0 saturated carbocycles. The standard InChI is InChI=1S/C13H19NO4/c1-13(2,17)9-5-6-14(7-9)12(16)11-4-3-10(8-15)18-11/h3-4,9,15,17H,5-8H2,1-2H3/t9-/m1/s1. The summed E-state index contributed by atoms with van der Waals surface area (Å²) in [5, 5.41) is 18.8. The Morgan fingerprint density at radius 3 is 2.78 bits per heavy atom. The fourth-order valence-electron chi connectivity index (χ4n) is 2.26. The number of hydrogen-bond acceptors (Lipinski definition) is 4. The van der Waals surface area contributed by atoms with Gasteiger partial charge in [-0.25, -0.2) is 0 Å². The summed E-state index contributed by atoms with van der Waals surface area (Å²) in [4.78, 5) is 13.8. The topological polar surface area (TPSA) is 73.9 Å². The predicted octanol–water partition coefficient (Wildman–Crippen LogP) is 1.00. The van der Waals surface area contributed by atoms with E-state index in [0.29, 0.717) is 18.8 Å². The largest absolute Gasteiger partial charge is 0.453 e. The summed E-state index contributed by atoms with van der Waals surface area (Å²) in [6, 6.07) is 3.17. The van der Waals surface area contributed by atoms with Gasteiger partial charge in [0.05, 0.1) is 5.60 Å². The zero-order chi connectivity index (χ0) is 13.3. The second-order valence-electron chi connectivity index (χ2n) is 5.31. The molecule has 0 unspecified atom stereocenters. The van der Waals surface area contributed by atoms with Gasteiger partial charge in [0.2, 0.25) is 0 Å². The lowest BCUT2D eigenvalue weighted by molar-refractivity contribution is 0.0209. The molecular weight excluding hydrogens is 234 g/mol. The van der Waals surface area contributed by atoms with Crippen LogP contribution in [0.15, 0.2) is 16.5 Å². The first-order chi connectivity index (χ1) is 8.41. The zero-order valence-corrected chi connectivity index (χ0v) is 10.7. The van der Waals surface area contributed by atoms with E-state index in [4.69, 9.17) is 9.52 Å². The quantitative estimate of drug-likeness (QED) is 0.843. The zero-order valence-electron chi connectivity index (χ0n) is 10.7. The summed E-state index contributed by atoms with van der Waals surface area (Å²) >= 11 is 0. The number of amides is 1. The summed E-state index contributed by atoms with van der Waals surface area (Å²) in [5.74, 6) is 0.544. The molecule has 1 aromatic heterocycles. The number of aliphatic hydroxyl groups excluding tert-OH is 1. The molecule has 0 spiro atoms. The molecule has 1 aliphatic rings. The van der Waals surface area contributed by atoms with Gasteiger partial charge >= 0.3 is 0 Å². The average Bonchev–Trinajstić information content (AvgIpc) is 2.96. The third-order valence-electron chi connectivity index (χ3n) is 3.50. The molecule has 2 N–H and O–H groups in total. The van der Waals surface area contributed by atoms with Crippen molar-refractivity contribution in [2.45, 2.75) is 32.5 Å². The van der Waals surface area contributed by atoms with Gasteiger partial charge in [0.25, 0.3) is 5.91 Å². The third-order valence-corrected chi connectivity index (χ3v) is 3.50. The molecule has 0 bridgehead atoms. The van der Waals surface area contributed by atoms with Crippen LogP contribution < -0.4 is 0 Å². The highest BCUT2D eigenvalue weighted by molar-refractivity contribution is 5.91. The predicted molar refractivity (Wildman–Crippen MR) is 64.9 cm³/mol. The molecule has 18 heavy (non-hydrogen) atoms. The molecule has 1 atom stereocenters. The second-order valence-corrected chi connectivity index (χ2v) is 5.31.